The Labute approximate surface area is 133 Å². The third kappa shape index (κ3) is 6.32. The van der Waals surface area contributed by atoms with Crippen molar-refractivity contribution in [1.29, 1.82) is 0 Å². The molecule has 2 amide bonds. The normalized spacial score (nSPS) is 19.8. The van der Waals surface area contributed by atoms with Gasteiger partial charge in [-0.2, -0.15) is 0 Å². The van der Waals surface area contributed by atoms with Gasteiger partial charge in [0.1, 0.15) is 6.10 Å². The van der Waals surface area contributed by atoms with Crippen LogP contribution in [-0.2, 0) is 19.1 Å². The zero-order chi connectivity index (χ0) is 16.4. The molecule has 2 unspecified atom stereocenters. The van der Waals surface area contributed by atoms with E-state index < -0.39 is 6.10 Å². The minimum Gasteiger partial charge on any atom is -0.379 e. The average Bonchev–Trinajstić information content (AvgIpc) is 2.55. The first-order valence-corrected chi connectivity index (χ1v) is 8.36. The van der Waals surface area contributed by atoms with Gasteiger partial charge in [0, 0.05) is 26.2 Å². The molecule has 0 spiro atoms. The predicted octanol–water partition coefficient (Wildman–Crippen LogP) is 1.19. The smallest absolute Gasteiger partial charge is 0.251 e. The first-order valence-electron chi connectivity index (χ1n) is 8.36. The van der Waals surface area contributed by atoms with Gasteiger partial charge in [0.15, 0.2) is 0 Å². The van der Waals surface area contributed by atoms with Crippen LogP contribution in [0.25, 0.3) is 0 Å². The molecule has 1 aliphatic heterocycles. The Hall–Kier alpha value is -1.14. The van der Waals surface area contributed by atoms with Crippen LogP contribution < -0.4 is 5.32 Å². The summed E-state index contributed by atoms with van der Waals surface area (Å²) in [7, 11) is 0. The standard InChI is InChI=1S/C16H30N2O4/c1-4-8-17-15(19)14-7-6-9-18(12-14)16(20)13(3)22-11-10-21-5-2/h13-14H,4-12H2,1-3H3,(H,17,19). The van der Waals surface area contributed by atoms with E-state index in [1.54, 1.807) is 11.8 Å². The highest BCUT2D eigenvalue weighted by atomic mass is 16.5. The summed E-state index contributed by atoms with van der Waals surface area (Å²) in [6, 6.07) is 0. The number of hydrogen-bond acceptors (Lipinski definition) is 4. The van der Waals surface area contributed by atoms with E-state index in [4.69, 9.17) is 9.47 Å². The molecule has 0 aromatic rings. The SMILES string of the molecule is CCCNC(=O)C1CCCN(C(=O)C(C)OCCOCC)C1. The minimum atomic E-state index is -0.488. The van der Waals surface area contributed by atoms with Crippen molar-refractivity contribution >= 4 is 11.8 Å². The van der Waals surface area contributed by atoms with E-state index in [0.29, 0.717) is 39.5 Å². The molecule has 128 valence electrons. The van der Waals surface area contributed by atoms with E-state index in [1.807, 2.05) is 13.8 Å². The van der Waals surface area contributed by atoms with E-state index in [2.05, 4.69) is 5.32 Å². The number of ether oxygens (including phenoxy) is 2. The number of carbonyl (C=O) groups is 2. The summed E-state index contributed by atoms with van der Waals surface area (Å²) in [5, 5.41) is 2.91. The highest BCUT2D eigenvalue weighted by Crippen LogP contribution is 2.18. The van der Waals surface area contributed by atoms with Gasteiger partial charge < -0.3 is 19.7 Å². The van der Waals surface area contributed by atoms with Gasteiger partial charge in [-0.25, -0.2) is 0 Å². The van der Waals surface area contributed by atoms with Crippen molar-refractivity contribution in [3.05, 3.63) is 0 Å². The molecule has 1 fully saturated rings. The van der Waals surface area contributed by atoms with E-state index in [9.17, 15) is 9.59 Å². The van der Waals surface area contributed by atoms with E-state index in [-0.39, 0.29) is 17.7 Å². The van der Waals surface area contributed by atoms with Crippen LogP contribution in [0.5, 0.6) is 0 Å². The Morgan fingerprint density at radius 2 is 2.09 bits per heavy atom. The largest absolute Gasteiger partial charge is 0.379 e. The van der Waals surface area contributed by atoms with Gasteiger partial charge in [-0.05, 0) is 33.1 Å². The maximum absolute atomic E-state index is 12.4. The molecule has 0 saturated carbocycles. The highest BCUT2D eigenvalue weighted by Gasteiger charge is 2.30. The lowest BCUT2D eigenvalue weighted by Gasteiger charge is -2.33. The topological polar surface area (TPSA) is 67.9 Å². The number of nitrogens with zero attached hydrogens (tertiary/aromatic N) is 1. The third-order valence-electron chi connectivity index (χ3n) is 3.80. The molecule has 2 atom stereocenters. The maximum atomic E-state index is 12.4. The fourth-order valence-electron chi connectivity index (χ4n) is 2.54. The van der Waals surface area contributed by atoms with Crippen molar-refractivity contribution in [2.45, 2.75) is 46.1 Å². The molecule has 6 heteroatoms. The number of amides is 2. The van der Waals surface area contributed by atoms with Gasteiger partial charge in [-0.1, -0.05) is 6.92 Å². The Bertz CT molecular complexity index is 349. The second kappa shape index (κ2) is 10.6. The van der Waals surface area contributed by atoms with Crippen LogP contribution in [0.4, 0.5) is 0 Å². The fourth-order valence-corrected chi connectivity index (χ4v) is 2.54. The van der Waals surface area contributed by atoms with Crippen LogP contribution in [0.2, 0.25) is 0 Å². The van der Waals surface area contributed by atoms with Crippen LogP contribution in [-0.4, -0.2) is 62.3 Å². The van der Waals surface area contributed by atoms with Crippen LogP contribution in [0.1, 0.15) is 40.0 Å². The van der Waals surface area contributed by atoms with Crippen molar-refractivity contribution in [1.82, 2.24) is 10.2 Å². The third-order valence-corrected chi connectivity index (χ3v) is 3.80. The monoisotopic (exact) mass is 314 g/mol. The van der Waals surface area contributed by atoms with Gasteiger partial charge >= 0.3 is 0 Å². The molecule has 22 heavy (non-hydrogen) atoms. The molecule has 0 bridgehead atoms. The molecule has 1 rings (SSSR count). The molecule has 0 aromatic carbocycles. The lowest BCUT2D eigenvalue weighted by atomic mass is 9.96. The zero-order valence-corrected chi connectivity index (χ0v) is 14.1. The van der Waals surface area contributed by atoms with Crippen LogP contribution >= 0.6 is 0 Å². The number of carbonyl (C=O) groups excluding carboxylic acids is 2. The van der Waals surface area contributed by atoms with Crippen LogP contribution in [0, 0.1) is 5.92 Å². The van der Waals surface area contributed by atoms with Gasteiger partial charge in [0.05, 0.1) is 19.1 Å². The highest BCUT2D eigenvalue weighted by molar-refractivity contribution is 5.83. The van der Waals surface area contributed by atoms with E-state index >= 15 is 0 Å². The van der Waals surface area contributed by atoms with E-state index in [1.165, 1.54) is 0 Å². The molecule has 6 nitrogen and oxygen atoms in total. The fraction of sp³-hybridized carbons (Fsp3) is 0.875. The summed E-state index contributed by atoms with van der Waals surface area (Å²) in [6.07, 6.45) is 2.14. The number of rotatable bonds is 9. The number of likely N-dealkylation sites (tertiary alicyclic amines) is 1. The van der Waals surface area contributed by atoms with Crippen molar-refractivity contribution in [2.24, 2.45) is 5.92 Å². The molecular formula is C16H30N2O4. The Balaban J connectivity index is 2.39. The van der Waals surface area contributed by atoms with Gasteiger partial charge in [0.25, 0.3) is 5.91 Å². The summed E-state index contributed by atoms with van der Waals surface area (Å²) >= 11 is 0. The van der Waals surface area contributed by atoms with Crippen molar-refractivity contribution < 1.29 is 19.1 Å². The molecule has 0 aromatic heterocycles. The molecule has 0 radical (unpaired) electrons. The zero-order valence-electron chi connectivity index (χ0n) is 14.1. The molecule has 1 N–H and O–H groups in total. The Morgan fingerprint density at radius 3 is 2.77 bits per heavy atom. The predicted molar refractivity (Wildman–Crippen MR) is 84.5 cm³/mol. The lowest BCUT2D eigenvalue weighted by molar-refractivity contribution is -0.146. The van der Waals surface area contributed by atoms with Crippen molar-refractivity contribution in [3.8, 4) is 0 Å². The van der Waals surface area contributed by atoms with Gasteiger partial charge in [0.2, 0.25) is 5.91 Å². The Morgan fingerprint density at radius 1 is 1.32 bits per heavy atom. The van der Waals surface area contributed by atoms with Crippen LogP contribution in [0.3, 0.4) is 0 Å². The van der Waals surface area contributed by atoms with Gasteiger partial charge in [-0.3, -0.25) is 9.59 Å². The van der Waals surface area contributed by atoms with E-state index in [0.717, 1.165) is 19.3 Å². The second-order valence-corrected chi connectivity index (χ2v) is 5.62. The summed E-state index contributed by atoms with van der Waals surface area (Å²) < 4.78 is 10.7. The number of hydrogen-bond donors (Lipinski definition) is 1. The van der Waals surface area contributed by atoms with Crippen molar-refractivity contribution in [3.63, 3.8) is 0 Å². The number of nitrogens with one attached hydrogen (secondary N) is 1. The molecular weight excluding hydrogens is 284 g/mol. The minimum absolute atomic E-state index is 0.0375. The first kappa shape index (κ1) is 18.9. The lowest BCUT2D eigenvalue weighted by Crippen LogP contribution is -2.48. The molecule has 1 saturated heterocycles. The van der Waals surface area contributed by atoms with Crippen molar-refractivity contribution in [2.75, 3.05) is 39.5 Å². The maximum Gasteiger partial charge on any atom is 0.251 e. The van der Waals surface area contributed by atoms with Crippen LogP contribution in [0.15, 0.2) is 0 Å². The molecule has 1 aliphatic rings. The average molecular weight is 314 g/mol. The summed E-state index contributed by atoms with van der Waals surface area (Å²) in [6.45, 7) is 9.15. The van der Waals surface area contributed by atoms with Gasteiger partial charge in [-0.15, -0.1) is 0 Å². The second-order valence-electron chi connectivity index (χ2n) is 5.62. The molecule has 1 heterocycles. The molecule has 0 aliphatic carbocycles. The Kier molecular flexibility index (Phi) is 9.08. The first-order chi connectivity index (χ1) is 10.6. The summed E-state index contributed by atoms with van der Waals surface area (Å²) in [5.41, 5.74) is 0. The number of piperidine rings is 1. The summed E-state index contributed by atoms with van der Waals surface area (Å²) in [5.74, 6) is -0.0753. The quantitative estimate of drug-likeness (QED) is 0.649. The summed E-state index contributed by atoms with van der Waals surface area (Å²) in [4.78, 5) is 26.2.